The lowest BCUT2D eigenvalue weighted by Gasteiger charge is -1.59. The van der Waals surface area contributed by atoms with Gasteiger partial charge in [0.05, 0.1) is 0 Å². The van der Waals surface area contributed by atoms with Crippen LogP contribution in [0.25, 0.3) is 0 Å². The molecule has 0 fully saturated rings. The van der Waals surface area contributed by atoms with Gasteiger partial charge in [-0.25, -0.2) is 0 Å². The minimum absolute atomic E-state index is 0.639. The van der Waals surface area contributed by atoms with Gasteiger partial charge in [-0.3, -0.25) is 9.11 Å². The van der Waals surface area contributed by atoms with Gasteiger partial charge in [-0.1, -0.05) is 6.92 Å². The van der Waals surface area contributed by atoms with Gasteiger partial charge in [-0.2, -0.15) is 4.21 Å². The van der Waals surface area contributed by atoms with Gasteiger partial charge in [-0.15, -0.1) is 0 Å². The lowest BCUT2D eigenvalue weighted by Crippen LogP contribution is -1.74. The second-order valence-electron chi connectivity index (χ2n) is 0.806. The maximum Gasteiger partial charge on any atom is 0.299 e. The Bertz CT molecular complexity index is 67.7. The van der Waals surface area contributed by atoms with E-state index in [1.807, 2.05) is 6.92 Å². The number of carbonyl (C=O) groups is 1. The van der Waals surface area contributed by atoms with Crippen molar-refractivity contribution in [3.8, 4) is 0 Å². The number of carbonyl (C=O) groups excluding carboxylic acids is 1. The number of hydrogen-bond acceptors (Lipinski definition) is 2. The highest BCUT2D eigenvalue weighted by Crippen LogP contribution is 1.53. The van der Waals surface area contributed by atoms with Crippen molar-refractivity contribution >= 4 is 17.6 Å². The highest BCUT2D eigenvalue weighted by atomic mass is 32.2. The predicted octanol–water partition coefficient (Wildman–Crippen LogP) is 0.276. The van der Waals surface area contributed by atoms with Crippen LogP contribution in [0.4, 0.5) is 0 Å². The van der Waals surface area contributed by atoms with Gasteiger partial charge in [0.15, 0.2) is 0 Å². The zero-order chi connectivity index (χ0) is 6.99. The molecule has 0 amide bonds. The smallest absolute Gasteiger partial charge is 0.299 e. The average Bonchev–Trinajstić information content (AvgIpc) is 1.65. The Kier molecular flexibility index (Phi) is 13.2. The van der Waals surface area contributed by atoms with Crippen LogP contribution in [0.2, 0.25) is 0 Å². The Hall–Kier alpha value is -0.260. The van der Waals surface area contributed by atoms with E-state index in [-0.39, 0.29) is 0 Å². The maximum atomic E-state index is 9.17. The predicted molar refractivity (Wildman–Crippen MR) is 29.8 cm³/mol. The second kappa shape index (κ2) is 9.88. The number of rotatable bonds is 1. The summed E-state index contributed by atoms with van der Waals surface area (Å²) in [5.74, 6) is 0. The third-order valence-electron chi connectivity index (χ3n) is 0.167. The van der Waals surface area contributed by atoms with Crippen LogP contribution in [-0.2, 0) is 16.2 Å². The fraction of sp³-hybridized carbons (Fsp3) is 0.667. The van der Waals surface area contributed by atoms with Crippen LogP contribution < -0.4 is 0 Å². The van der Waals surface area contributed by atoms with Crippen molar-refractivity contribution in [3.05, 3.63) is 0 Å². The molecule has 0 unspecified atom stereocenters. The van der Waals surface area contributed by atoms with Gasteiger partial charge in [0.2, 0.25) is 0 Å². The van der Waals surface area contributed by atoms with Gasteiger partial charge in [-0.05, 0) is 0 Å². The molecule has 0 aromatic heterocycles. The Morgan fingerprint density at radius 1 is 1.62 bits per heavy atom. The van der Waals surface area contributed by atoms with Crippen LogP contribution in [0.15, 0.2) is 0 Å². The SMILES string of the molecule is CCC=O.O=S(O)O. The van der Waals surface area contributed by atoms with Crippen molar-refractivity contribution in [2.24, 2.45) is 0 Å². The highest BCUT2D eigenvalue weighted by Gasteiger charge is 1.62. The van der Waals surface area contributed by atoms with Crippen molar-refractivity contribution < 1.29 is 18.1 Å². The lowest BCUT2D eigenvalue weighted by molar-refractivity contribution is -0.107. The van der Waals surface area contributed by atoms with E-state index in [0.29, 0.717) is 6.42 Å². The summed E-state index contributed by atoms with van der Waals surface area (Å²) in [6, 6.07) is 0. The molecule has 2 N–H and O–H groups in total. The van der Waals surface area contributed by atoms with Gasteiger partial charge >= 0.3 is 0 Å². The van der Waals surface area contributed by atoms with E-state index >= 15 is 0 Å². The van der Waals surface area contributed by atoms with Crippen molar-refractivity contribution in [1.82, 2.24) is 0 Å². The summed E-state index contributed by atoms with van der Waals surface area (Å²) in [5, 5.41) is 0. The summed E-state index contributed by atoms with van der Waals surface area (Å²) in [4.78, 5) is 9.17. The summed E-state index contributed by atoms with van der Waals surface area (Å²) < 4.78 is 22.8. The zero-order valence-corrected chi connectivity index (χ0v) is 5.22. The minimum Gasteiger partial charge on any atom is -0.303 e. The molecule has 0 rings (SSSR count). The molecule has 0 spiro atoms. The van der Waals surface area contributed by atoms with E-state index in [0.717, 1.165) is 6.29 Å². The molecule has 4 nitrogen and oxygen atoms in total. The zero-order valence-electron chi connectivity index (χ0n) is 4.40. The Labute approximate surface area is 50.0 Å². The molecule has 0 aliphatic rings. The van der Waals surface area contributed by atoms with Crippen molar-refractivity contribution in [2.45, 2.75) is 13.3 Å². The normalized spacial score (nSPS) is 7.50. The maximum absolute atomic E-state index is 9.17. The number of hydrogen-bond donors (Lipinski definition) is 2. The molecule has 50 valence electrons. The third kappa shape index (κ3) is 236. The quantitative estimate of drug-likeness (QED) is 0.405. The molecular formula is C3H8O4S. The Morgan fingerprint density at radius 3 is 1.75 bits per heavy atom. The summed E-state index contributed by atoms with van der Waals surface area (Å²) >= 11 is -2.61. The van der Waals surface area contributed by atoms with E-state index < -0.39 is 11.4 Å². The van der Waals surface area contributed by atoms with E-state index in [1.54, 1.807) is 0 Å². The van der Waals surface area contributed by atoms with Gasteiger partial charge in [0.1, 0.15) is 6.29 Å². The monoisotopic (exact) mass is 140 g/mol. The molecule has 0 aliphatic heterocycles. The minimum atomic E-state index is -2.61. The molecule has 0 bridgehead atoms. The largest absolute Gasteiger partial charge is 0.303 e. The molecule has 0 atom stereocenters. The molecule has 0 saturated heterocycles. The molecule has 0 saturated carbocycles. The summed E-state index contributed by atoms with van der Waals surface area (Å²) in [5.41, 5.74) is 0. The first kappa shape index (κ1) is 10.7. The van der Waals surface area contributed by atoms with Gasteiger partial charge in [0.25, 0.3) is 11.4 Å². The van der Waals surface area contributed by atoms with E-state index in [9.17, 15) is 4.79 Å². The summed E-state index contributed by atoms with van der Waals surface area (Å²) in [6.07, 6.45) is 1.51. The molecule has 0 heterocycles. The first-order valence-corrected chi connectivity index (χ1v) is 2.95. The van der Waals surface area contributed by atoms with Crippen LogP contribution in [0.1, 0.15) is 13.3 Å². The fourth-order valence-corrected chi connectivity index (χ4v) is 0. The standard InChI is InChI=1S/C3H6O.H2O3S/c1-2-3-4;1-4(2)3/h3H,2H2,1H3;(H2,1,2,3). The van der Waals surface area contributed by atoms with Crippen LogP contribution in [0, 0.1) is 0 Å². The third-order valence-corrected chi connectivity index (χ3v) is 0.167. The average molecular weight is 140 g/mol. The molecule has 0 aromatic carbocycles. The van der Waals surface area contributed by atoms with Crippen molar-refractivity contribution in [1.29, 1.82) is 0 Å². The van der Waals surface area contributed by atoms with E-state index in [2.05, 4.69) is 0 Å². The van der Waals surface area contributed by atoms with Crippen LogP contribution in [-0.4, -0.2) is 19.6 Å². The van der Waals surface area contributed by atoms with Crippen LogP contribution in [0.3, 0.4) is 0 Å². The Morgan fingerprint density at radius 2 is 1.75 bits per heavy atom. The van der Waals surface area contributed by atoms with E-state index in [4.69, 9.17) is 13.3 Å². The first-order valence-electron chi connectivity index (χ1n) is 1.88. The fourth-order valence-electron chi connectivity index (χ4n) is 0. The molecular weight excluding hydrogens is 132 g/mol. The van der Waals surface area contributed by atoms with E-state index in [1.165, 1.54) is 0 Å². The molecule has 5 heteroatoms. The lowest BCUT2D eigenvalue weighted by atomic mass is 10.6. The second-order valence-corrected chi connectivity index (χ2v) is 1.27. The molecule has 8 heavy (non-hydrogen) atoms. The summed E-state index contributed by atoms with van der Waals surface area (Å²) in [6.45, 7) is 1.81. The van der Waals surface area contributed by atoms with Gasteiger partial charge in [0, 0.05) is 6.42 Å². The number of aldehydes is 1. The van der Waals surface area contributed by atoms with Crippen molar-refractivity contribution in [3.63, 3.8) is 0 Å². The van der Waals surface area contributed by atoms with Gasteiger partial charge < -0.3 is 4.79 Å². The molecule has 0 radical (unpaired) electrons. The summed E-state index contributed by atoms with van der Waals surface area (Å²) in [7, 11) is 0. The molecule has 0 aromatic rings. The van der Waals surface area contributed by atoms with Crippen LogP contribution in [0.5, 0.6) is 0 Å². The topological polar surface area (TPSA) is 74.6 Å². The molecule has 0 aliphatic carbocycles. The highest BCUT2D eigenvalue weighted by molar-refractivity contribution is 7.73. The van der Waals surface area contributed by atoms with Crippen molar-refractivity contribution in [2.75, 3.05) is 0 Å². The Balaban J connectivity index is 0. The first-order chi connectivity index (χ1) is 3.65. The van der Waals surface area contributed by atoms with Crippen LogP contribution >= 0.6 is 0 Å².